The van der Waals surface area contributed by atoms with Gasteiger partial charge >= 0.3 is 18.2 Å². The largest absolute Gasteiger partial charge is 0.492 e. The highest BCUT2D eigenvalue weighted by atomic mass is 19.4. The van der Waals surface area contributed by atoms with E-state index >= 15 is 0 Å². The van der Waals surface area contributed by atoms with Crippen molar-refractivity contribution in [3.8, 4) is 5.75 Å². The molecule has 2 amide bonds. The van der Waals surface area contributed by atoms with Gasteiger partial charge in [0.05, 0.1) is 6.54 Å². The van der Waals surface area contributed by atoms with E-state index in [0.29, 0.717) is 37.2 Å². The summed E-state index contributed by atoms with van der Waals surface area (Å²) < 4.78 is 61.1. The van der Waals surface area contributed by atoms with Gasteiger partial charge in [-0.15, -0.1) is 0 Å². The van der Waals surface area contributed by atoms with E-state index in [-0.39, 0.29) is 32.6 Å². The van der Waals surface area contributed by atoms with E-state index in [2.05, 4.69) is 5.32 Å². The third-order valence-electron chi connectivity index (χ3n) is 5.64. The first-order valence-corrected chi connectivity index (χ1v) is 12.5. The van der Waals surface area contributed by atoms with Crippen LogP contribution in [0, 0.1) is 5.82 Å². The molecule has 0 saturated carbocycles. The zero-order valence-electron chi connectivity index (χ0n) is 21.3. The van der Waals surface area contributed by atoms with Crippen molar-refractivity contribution in [2.45, 2.75) is 57.7 Å². The van der Waals surface area contributed by atoms with Gasteiger partial charge in [-0.3, -0.25) is 0 Å². The molecule has 0 aliphatic carbocycles. The number of aliphatic carboxylic acids is 1. The number of unbranched alkanes of at least 4 members (excludes halogenated alkanes) is 3. The number of alkyl halides is 3. The number of nitrogens with zero attached hydrogens (tertiary/aromatic N) is 1. The van der Waals surface area contributed by atoms with Crippen LogP contribution in [0.4, 0.5) is 28.0 Å². The Morgan fingerprint density at radius 3 is 2.24 bits per heavy atom. The van der Waals surface area contributed by atoms with Crippen LogP contribution in [-0.4, -0.2) is 60.6 Å². The summed E-state index contributed by atoms with van der Waals surface area (Å²) in [5.41, 5.74) is 1.18. The number of carboxylic acid groups (broad SMARTS) is 1. The zero-order chi connectivity index (χ0) is 28.0. The number of hydrogen-bond donors (Lipinski definition) is 2. The lowest BCUT2D eigenvalue weighted by Crippen LogP contribution is -2.38. The molecular formula is C27H34F4N2O5. The van der Waals surface area contributed by atoms with E-state index in [1.54, 1.807) is 31.2 Å². The van der Waals surface area contributed by atoms with Crippen molar-refractivity contribution in [3.05, 3.63) is 59.9 Å². The van der Waals surface area contributed by atoms with Crippen LogP contribution in [0.1, 0.15) is 44.6 Å². The van der Waals surface area contributed by atoms with Crippen molar-refractivity contribution >= 4 is 17.7 Å². The molecule has 1 atom stereocenters. The molecule has 2 N–H and O–H groups in total. The molecule has 210 valence electrons. The number of ether oxygens (including phenoxy) is 2. The Kier molecular flexibility index (Phi) is 12.8. The van der Waals surface area contributed by atoms with Crippen molar-refractivity contribution in [2.24, 2.45) is 0 Å². The molecule has 0 aliphatic heterocycles. The fraction of sp³-hybridized carbons (Fsp3) is 0.481. The number of halogens is 4. The Bertz CT molecular complexity index is 984. The molecule has 0 heterocycles. The van der Waals surface area contributed by atoms with E-state index < -0.39 is 36.5 Å². The predicted octanol–water partition coefficient (Wildman–Crippen LogP) is 6.28. The van der Waals surface area contributed by atoms with E-state index in [9.17, 15) is 32.3 Å². The Labute approximate surface area is 219 Å². The summed E-state index contributed by atoms with van der Waals surface area (Å²) in [6.07, 6.45) is -4.21. The van der Waals surface area contributed by atoms with Gasteiger partial charge in [-0.25, -0.2) is 14.0 Å². The third-order valence-corrected chi connectivity index (χ3v) is 5.64. The number of hydrogen-bond acceptors (Lipinski definition) is 4. The molecule has 11 heteroatoms. The summed E-state index contributed by atoms with van der Waals surface area (Å²) in [6, 6.07) is 11.8. The monoisotopic (exact) mass is 542 g/mol. The second-order valence-corrected chi connectivity index (χ2v) is 8.68. The fourth-order valence-electron chi connectivity index (χ4n) is 3.66. The molecule has 2 aromatic carbocycles. The minimum Gasteiger partial charge on any atom is -0.492 e. The second kappa shape index (κ2) is 15.8. The maximum atomic E-state index is 13.2. The molecule has 2 aromatic rings. The Hall–Kier alpha value is -3.34. The maximum Gasteiger partial charge on any atom is 0.389 e. The lowest BCUT2D eigenvalue weighted by Gasteiger charge is -2.23. The standard InChI is InChI=1S/C27H34F4N2O5/c1-2-37-24(25(34)35)19-20-7-13-23(14-8-20)38-18-17-33(16-6-4-3-5-15-27(29,30)31)26(36)32-22-11-9-21(28)10-12-22/h7-14,24H,2-6,15-19H2,1H3,(H,32,36)(H,34,35). The van der Waals surface area contributed by atoms with Crippen LogP contribution in [0.3, 0.4) is 0 Å². The minimum absolute atomic E-state index is 0.0438. The number of benzene rings is 2. The van der Waals surface area contributed by atoms with Crippen molar-refractivity contribution < 1.29 is 41.7 Å². The van der Waals surface area contributed by atoms with E-state index in [4.69, 9.17) is 9.47 Å². The molecule has 0 aliphatic rings. The van der Waals surface area contributed by atoms with Gasteiger partial charge in [0, 0.05) is 31.7 Å². The lowest BCUT2D eigenvalue weighted by atomic mass is 10.1. The number of amides is 2. The first-order valence-electron chi connectivity index (χ1n) is 12.5. The maximum absolute atomic E-state index is 13.2. The first kappa shape index (κ1) is 30.9. The van der Waals surface area contributed by atoms with Gasteiger partial charge in [0.1, 0.15) is 18.2 Å². The van der Waals surface area contributed by atoms with Crippen LogP contribution >= 0.6 is 0 Å². The number of carbonyl (C=O) groups excluding carboxylic acids is 1. The zero-order valence-corrected chi connectivity index (χ0v) is 21.3. The molecule has 2 rings (SSSR count). The van der Waals surface area contributed by atoms with E-state index in [0.717, 1.165) is 5.56 Å². The summed E-state index contributed by atoms with van der Waals surface area (Å²) in [5.74, 6) is -0.941. The molecule has 0 aromatic heterocycles. The van der Waals surface area contributed by atoms with Gasteiger partial charge in [-0.2, -0.15) is 13.2 Å². The summed E-state index contributed by atoms with van der Waals surface area (Å²) >= 11 is 0. The highest BCUT2D eigenvalue weighted by molar-refractivity contribution is 5.89. The molecule has 0 saturated heterocycles. The van der Waals surface area contributed by atoms with Gasteiger partial charge in [0.25, 0.3) is 0 Å². The minimum atomic E-state index is -4.17. The van der Waals surface area contributed by atoms with Crippen molar-refractivity contribution in [3.63, 3.8) is 0 Å². The number of carbonyl (C=O) groups is 2. The highest BCUT2D eigenvalue weighted by Crippen LogP contribution is 2.23. The molecule has 1 unspecified atom stereocenters. The first-order chi connectivity index (χ1) is 18.1. The Morgan fingerprint density at radius 1 is 0.974 bits per heavy atom. The lowest BCUT2D eigenvalue weighted by molar-refractivity contribution is -0.150. The molecule has 0 bridgehead atoms. The summed E-state index contributed by atoms with van der Waals surface area (Å²) in [4.78, 5) is 25.6. The van der Waals surface area contributed by atoms with Crippen LogP contribution in [0.15, 0.2) is 48.5 Å². The summed E-state index contributed by atoms with van der Waals surface area (Å²) in [6.45, 7) is 2.69. The van der Waals surface area contributed by atoms with Crippen molar-refractivity contribution in [1.82, 2.24) is 4.90 Å². The quantitative estimate of drug-likeness (QED) is 0.192. The summed E-state index contributed by atoms with van der Waals surface area (Å²) in [5, 5.41) is 11.9. The van der Waals surface area contributed by atoms with Crippen molar-refractivity contribution in [1.29, 1.82) is 0 Å². The number of nitrogens with one attached hydrogen (secondary N) is 1. The second-order valence-electron chi connectivity index (χ2n) is 8.68. The van der Waals surface area contributed by atoms with Crippen LogP contribution in [-0.2, 0) is 16.0 Å². The van der Waals surface area contributed by atoms with Gasteiger partial charge < -0.3 is 24.8 Å². The van der Waals surface area contributed by atoms with Crippen LogP contribution in [0.25, 0.3) is 0 Å². The van der Waals surface area contributed by atoms with Gasteiger partial charge in [-0.05, 0) is 61.7 Å². The van der Waals surface area contributed by atoms with E-state index in [1.165, 1.54) is 29.2 Å². The van der Waals surface area contributed by atoms with Crippen molar-refractivity contribution in [2.75, 3.05) is 31.6 Å². The third kappa shape index (κ3) is 12.3. The predicted molar refractivity (Wildman–Crippen MR) is 135 cm³/mol. The Balaban J connectivity index is 1.89. The van der Waals surface area contributed by atoms with Crippen LogP contribution in [0.5, 0.6) is 5.75 Å². The number of anilines is 1. The van der Waals surface area contributed by atoms with Gasteiger partial charge in [0.15, 0.2) is 6.10 Å². The average molecular weight is 543 g/mol. The fourth-order valence-corrected chi connectivity index (χ4v) is 3.66. The van der Waals surface area contributed by atoms with Gasteiger partial charge in [-0.1, -0.05) is 25.0 Å². The SMILES string of the molecule is CCOC(Cc1ccc(OCCN(CCCCCCC(F)(F)F)C(=O)Nc2ccc(F)cc2)cc1)C(=O)O. The molecule has 38 heavy (non-hydrogen) atoms. The van der Waals surface area contributed by atoms with Gasteiger partial charge in [0.2, 0.25) is 0 Å². The highest BCUT2D eigenvalue weighted by Gasteiger charge is 2.25. The number of carboxylic acids is 1. The Morgan fingerprint density at radius 2 is 1.63 bits per heavy atom. The average Bonchev–Trinajstić information content (AvgIpc) is 2.86. The molecule has 0 spiro atoms. The smallest absolute Gasteiger partial charge is 0.389 e. The van der Waals surface area contributed by atoms with Crippen LogP contribution < -0.4 is 10.1 Å². The molecular weight excluding hydrogens is 508 g/mol. The van der Waals surface area contributed by atoms with Crippen LogP contribution in [0.2, 0.25) is 0 Å². The number of rotatable bonds is 16. The molecule has 0 radical (unpaired) electrons. The van der Waals surface area contributed by atoms with E-state index in [1.807, 2.05) is 0 Å². The number of urea groups is 1. The topological polar surface area (TPSA) is 88.1 Å². The normalized spacial score (nSPS) is 12.1. The summed E-state index contributed by atoms with van der Waals surface area (Å²) in [7, 11) is 0. The molecule has 0 fully saturated rings. The molecule has 7 nitrogen and oxygen atoms in total.